The first-order valence-corrected chi connectivity index (χ1v) is 3.19. The molecule has 0 amide bonds. The van der Waals surface area contributed by atoms with Crippen LogP contribution in [0.2, 0.25) is 0 Å². The summed E-state index contributed by atoms with van der Waals surface area (Å²) in [4.78, 5) is 9.94. The smallest absolute Gasteiger partial charge is 0.317 e. The SMILES string of the molecule is O=C(O)CN[C@@H](C=S)CO. The van der Waals surface area contributed by atoms with E-state index in [0.29, 0.717) is 0 Å². The minimum Gasteiger partial charge on any atom is -0.480 e. The van der Waals surface area contributed by atoms with Crippen molar-refractivity contribution in [2.24, 2.45) is 0 Å². The second kappa shape index (κ2) is 5.28. The fourth-order valence-electron chi connectivity index (χ4n) is 0.374. The number of aliphatic hydroxyl groups excluding tert-OH is 1. The molecule has 0 saturated heterocycles. The van der Waals surface area contributed by atoms with E-state index >= 15 is 0 Å². The summed E-state index contributed by atoms with van der Waals surface area (Å²) in [5, 5.41) is 20.5. The van der Waals surface area contributed by atoms with Crippen molar-refractivity contribution in [2.75, 3.05) is 13.2 Å². The summed E-state index contributed by atoms with van der Waals surface area (Å²) < 4.78 is 0. The molecule has 0 aromatic rings. The highest BCUT2D eigenvalue weighted by molar-refractivity contribution is 7.79. The van der Waals surface area contributed by atoms with Gasteiger partial charge in [-0.15, -0.1) is 0 Å². The summed E-state index contributed by atoms with van der Waals surface area (Å²) in [7, 11) is 0. The van der Waals surface area contributed by atoms with Crippen LogP contribution in [0.15, 0.2) is 0 Å². The normalized spacial score (nSPS) is 12.5. The van der Waals surface area contributed by atoms with Gasteiger partial charge < -0.3 is 10.2 Å². The molecule has 3 N–H and O–H groups in total. The van der Waals surface area contributed by atoms with Crippen LogP contribution in [0.3, 0.4) is 0 Å². The van der Waals surface area contributed by atoms with Gasteiger partial charge in [-0.05, 0) is 5.37 Å². The van der Waals surface area contributed by atoms with Gasteiger partial charge in [-0.1, -0.05) is 12.2 Å². The number of rotatable bonds is 5. The Kier molecular flexibility index (Phi) is 5.00. The zero-order chi connectivity index (χ0) is 7.98. The van der Waals surface area contributed by atoms with Crippen molar-refractivity contribution in [3.8, 4) is 0 Å². The molecule has 0 fully saturated rings. The van der Waals surface area contributed by atoms with Crippen LogP contribution in [0.1, 0.15) is 0 Å². The van der Waals surface area contributed by atoms with Crippen LogP contribution in [0.25, 0.3) is 0 Å². The Hall–Kier alpha value is -0.520. The first kappa shape index (κ1) is 9.48. The van der Waals surface area contributed by atoms with Crippen LogP contribution < -0.4 is 5.32 Å². The van der Waals surface area contributed by atoms with Gasteiger partial charge in [0.05, 0.1) is 19.2 Å². The molecule has 5 heteroatoms. The van der Waals surface area contributed by atoms with Crippen LogP contribution in [0, 0.1) is 0 Å². The summed E-state index contributed by atoms with van der Waals surface area (Å²) in [6.07, 6.45) is 0. The Morgan fingerprint density at radius 1 is 1.80 bits per heavy atom. The molecule has 0 heterocycles. The van der Waals surface area contributed by atoms with Gasteiger partial charge in [-0.25, -0.2) is 0 Å². The lowest BCUT2D eigenvalue weighted by molar-refractivity contribution is -0.136. The van der Waals surface area contributed by atoms with Gasteiger partial charge >= 0.3 is 5.97 Å². The van der Waals surface area contributed by atoms with E-state index in [0.717, 1.165) is 0 Å². The summed E-state index contributed by atoms with van der Waals surface area (Å²) >= 11 is 4.48. The predicted molar refractivity (Wildman–Crippen MR) is 40.2 cm³/mol. The molecular formula is C5H9NO3S. The molecule has 0 aromatic heterocycles. The van der Waals surface area contributed by atoms with Gasteiger partial charge in [0.1, 0.15) is 0 Å². The number of aliphatic hydroxyl groups is 1. The van der Waals surface area contributed by atoms with Crippen LogP contribution >= 0.6 is 12.2 Å². The molecule has 0 spiro atoms. The Balaban J connectivity index is 3.44. The topological polar surface area (TPSA) is 69.6 Å². The third kappa shape index (κ3) is 4.37. The largest absolute Gasteiger partial charge is 0.480 e. The summed E-state index contributed by atoms with van der Waals surface area (Å²) in [5.41, 5.74) is 0. The molecule has 0 aliphatic rings. The van der Waals surface area contributed by atoms with E-state index in [1.54, 1.807) is 0 Å². The maximum absolute atomic E-state index is 9.94. The van der Waals surface area contributed by atoms with Gasteiger partial charge in [-0.3, -0.25) is 10.1 Å². The van der Waals surface area contributed by atoms with Crippen LogP contribution in [-0.2, 0) is 4.79 Å². The van der Waals surface area contributed by atoms with Crippen molar-refractivity contribution < 1.29 is 15.0 Å². The molecule has 58 valence electrons. The summed E-state index contributed by atoms with van der Waals surface area (Å²) in [6, 6.07) is -0.397. The van der Waals surface area contributed by atoms with Crippen molar-refractivity contribution in [1.29, 1.82) is 0 Å². The number of carbonyl (C=O) groups is 1. The fraction of sp³-hybridized carbons (Fsp3) is 0.600. The maximum atomic E-state index is 9.94. The van der Waals surface area contributed by atoms with Gasteiger partial charge in [0.15, 0.2) is 0 Å². The third-order valence-electron chi connectivity index (χ3n) is 0.876. The van der Waals surface area contributed by atoms with Crippen molar-refractivity contribution >= 4 is 23.6 Å². The van der Waals surface area contributed by atoms with Crippen molar-refractivity contribution in [2.45, 2.75) is 6.04 Å². The van der Waals surface area contributed by atoms with Crippen LogP contribution in [0.4, 0.5) is 0 Å². The van der Waals surface area contributed by atoms with Gasteiger partial charge in [0, 0.05) is 0 Å². The maximum Gasteiger partial charge on any atom is 0.317 e. The van der Waals surface area contributed by atoms with Crippen molar-refractivity contribution in [3.05, 3.63) is 0 Å². The molecule has 0 aliphatic heterocycles. The zero-order valence-electron chi connectivity index (χ0n) is 5.28. The van der Waals surface area contributed by atoms with E-state index in [1.807, 2.05) is 0 Å². The monoisotopic (exact) mass is 163 g/mol. The first-order chi connectivity index (χ1) is 4.70. The number of carboxylic acid groups (broad SMARTS) is 1. The molecule has 4 nitrogen and oxygen atoms in total. The van der Waals surface area contributed by atoms with E-state index in [1.165, 1.54) is 5.37 Å². The minimum atomic E-state index is -0.963. The molecule has 0 unspecified atom stereocenters. The van der Waals surface area contributed by atoms with E-state index in [-0.39, 0.29) is 13.2 Å². The van der Waals surface area contributed by atoms with E-state index in [2.05, 4.69) is 17.5 Å². The minimum absolute atomic E-state index is 0.170. The highest BCUT2D eigenvalue weighted by atomic mass is 32.1. The lowest BCUT2D eigenvalue weighted by Gasteiger charge is -2.06. The third-order valence-corrected chi connectivity index (χ3v) is 1.20. The molecule has 1 atom stereocenters. The number of nitrogens with one attached hydrogen (secondary N) is 1. The van der Waals surface area contributed by atoms with Crippen LogP contribution in [-0.4, -0.2) is 40.7 Å². The zero-order valence-corrected chi connectivity index (χ0v) is 6.10. The van der Waals surface area contributed by atoms with Crippen molar-refractivity contribution in [1.82, 2.24) is 5.32 Å². The molecule has 10 heavy (non-hydrogen) atoms. The fourth-order valence-corrected chi connectivity index (χ4v) is 0.556. The number of hydrogen-bond acceptors (Lipinski definition) is 4. The Morgan fingerprint density at radius 3 is 2.70 bits per heavy atom. The number of thiocarbonyl (C=S) groups is 1. The first-order valence-electron chi connectivity index (χ1n) is 2.72. The quantitative estimate of drug-likeness (QED) is 0.454. The number of carboxylic acids is 1. The van der Waals surface area contributed by atoms with Gasteiger partial charge in [0.2, 0.25) is 0 Å². The standard InChI is InChI=1S/C5H9NO3S/c7-2-4(3-10)6-1-5(8)9/h3-4,6-7H,1-2H2,(H,8,9)/t4-/m1/s1. The summed E-state index contributed by atoms with van der Waals surface area (Å²) in [6.45, 7) is -0.352. The Labute approximate surface area is 63.9 Å². The lowest BCUT2D eigenvalue weighted by Crippen LogP contribution is -2.36. The molecule has 0 rings (SSSR count). The average molecular weight is 163 g/mol. The second-order valence-corrected chi connectivity index (χ2v) is 1.97. The van der Waals surface area contributed by atoms with E-state index in [4.69, 9.17) is 10.2 Å². The Bertz CT molecular complexity index is 128. The van der Waals surface area contributed by atoms with Gasteiger partial charge in [-0.2, -0.15) is 0 Å². The predicted octanol–water partition coefficient (Wildman–Crippen LogP) is -0.979. The number of hydrogen-bond donors (Lipinski definition) is 3. The average Bonchev–Trinajstić information content (AvgIpc) is 1.90. The van der Waals surface area contributed by atoms with Gasteiger partial charge in [0.25, 0.3) is 0 Å². The lowest BCUT2D eigenvalue weighted by atomic mass is 10.3. The molecule has 0 saturated carbocycles. The molecule has 0 radical (unpaired) electrons. The molecule has 0 aromatic carbocycles. The second-order valence-electron chi connectivity index (χ2n) is 1.70. The summed E-state index contributed by atoms with van der Waals surface area (Å²) in [5.74, 6) is -0.963. The van der Waals surface area contributed by atoms with E-state index in [9.17, 15) is 4.79 Å². The highest BCUT2D eigenvalue weighted by Crippen LogP contribution is 1.75. The molecule has 0 aliphatic carbocycles. The highest BCUT2D eigenvalue weighted by Gasteiger charge is 2.03. The van der Waals surface area contributed by atoms with Crippen molar-refractivity contribution in [3.63, 3.8) is 0 Å². The molecular weight excluding hydrogens is 154 g/mol. The van der Waals surface area contributed by atoms with E-state index < -0.39 is 12.0 Å². The van der Waals surface area contributed by atoms with Crippen LogP contribution in [0.5, 0.6) is 0 Å². The molecule has 0 bridgehead atoms. The Morgan fingerprint density at radius 2 is 2.40 bits per heavy atom. The number of aliphatic carboxylic acids is 1.